The van der Waals surface area contributed by atoms with Crippen molar-refractivity contribution in [2.75, 3.05) is 0 Å². The molecular weight excluding hydrogens is 234 g/mol. The molecule has 0 aliphatic carbocycles. The van der Waals surface area contributed by atoms with Crippen molar-refractivity contribution in [3.63, 3.8) is 0 Å². The Bertz CT molecular complexity index is 509. The van der Waals surface area contributed by atoms with E-state index in [-0.39, 0.29) is 6.54 Å². The van der Waals surface area contributed by atoms with E-state index in [1.54, 1.807) is 0 Å². The van der Waals surface area contributed by atoms with E-state index < -0.39 is 12.2 Å². The monoisotopic (exact) mass is 247 g/mol. The van der Waals surface area contributed by atoms with Gasteiger partial charge in [0.1, 0.15) is 6.54 Å². The molecule has 1 unspecified atom stereocenters. The van der Waals surface area contributed by atoms with Gasteiger partial charge in [-0.25, -0.2) is 4.79 Å². The van der Waals surface area contributed by atoms with E-state index in [4.69, 9.17) is 10.5 Å². The fraction of sp³-hybridized carbons (Fsp3) is 0.273. The Morgan fingerprint density at radius 1 is 1.44 bits per heavy atom. The molecule has 1 heterocycles. The second-order valence-corrected chi connectivity index (χ2v) is 3.83. The Labute approximate surface area is 104 Å². The third-order valence-corrected chi connectivity index (χ3v) is 2.43. The van der Waals surface area contributed by atoms with Gasteiger partial charge in [-0.05, 0) is 17.7 Å². The van der Waals surface area contributed by atoms with Gasteiger partial charge in [0.05, 0.1) is 0 Å². The molecule has 7 nitrogen and oxygen atoms in total. The van der Waals surface area contributed by atoms with Crippen LogP contribution >= 0.6 is 0 Å². The van der Waals surface area contributed by atoms with Crippen molar-refractivity contribution in [3.8, 4) is 0 Å². The molecule has 0 aliphatic rings. The lowest BCUT2D eigenvalue weighted by Gasteiger charge is -2.16. The first-order valence-corrected chi connectivity index (χ1v) is 5.38. The predicted octanol–water partition coefficient (Wildman–Crippen LogP) is 0.818. The first kappa shape index (κ1) is 12.0. The number of primary amides is 1. The molecule has 1 aromatic heterocycles. The van der Waals surface area contributed by atoms with Gasteiger partial charge in [-0.3, -0.25) is 0 Å². The van der Waals surface area contributed by atoms with Gasteiger partial charge in [0.2, 0.25) is 0 Å². The van der Waals surface area contributed by atoms with Crippen LogP contribution in [0.5, 0.6) is 0 Å². The molecule has 1 amide bonds. The molecule has 0 bridgehead atoms. The van der Waals surface area contributed by atoms with Crippen molar-refractivity contribution >= 4 is 6.09 Å². The van der Waals surface area contributed by atoms with Gasteiger partial charge in [-0.2, -0.15) is 4.80 Å². The lowest BCUT2D eigenvalue weighted by Crippen LogP contribution is -2.22. The number of hydrogen-bond donors (Lipinski definition) is 1. The van der Waals surface area contributed by atoms with Crippen LogP contribution in [0.25, 0.3) is 0 Å². The number of benzene rings is 1. The minimum absolute atomic E-state index is 0.270. The number of aryl methyl sites for hydroxylation is 1. The third-order valence-electron chi connectivity index (χ3n) is 2.43. The fourth-order valence-electron chi connectivity index (χ4n) is 1.55. The zero-order valence-electron chi connectivity index (χ0n) is 9.85. The summed E-state index contributed by atoms with van der Waals surface area (Å²) in [5, 5.41) is 11.2. The van der Waals surface area contributed by atoms with E-state index in [2.05, 4.69) is 15.4 Å². The van der Waals surface area contributed by atoms with Crippen molar-refractivity contribution in [2.45, 2.75) is 19.6 Å². The number of ether oxygens (including phenoxy) is 1. The highest BCUT2D eigenvalue weighted by molar-refractivity contribution is 5.65. The van der Waals surface area contributed by atoms with E-state index in [0.29, 0.717) is 0 Å². The molecule has 94 valence electrons. The lowest BCUT2D eigenvalue weighted by atomic mass is 10.1. The van der Waals surface area contributed by atoms with Gasteiger partial charge in [-0.1, -0.05) is 29.8 Å². The predicted molar refractivity (Wildman–Crippen MR) is 62.4 cm³/mol. The van der Waals surface area contributed by atoms with Gasteiger partial charge in [-0.15, -0.1) is 10.2 Å². The molecule has 2 aromatic rings. The van der Waals surface area contributed by atoms with Crippen LogP contribution in [-0.4, -0.2) is 26.3 Å². The van der Waals surface area contributed by atoms with Crippen LogP contribution in [0.1, 0.15) is 17.2 Å². The highest BCUT2D eigenvalue weighted by Crippen LogP contribution is 2.19. The summed E-state index contributed by atoms with van der Waals surface area (Å²) in [7, 11) is 0. The number of amides is 1. The number of aromatic nitrogens is 4. The van der Waals surface area contributed by atoms with Crippen LogP contribution in [-0.2, 0) is 11.3 Å². The van der Waals surface area contributed by atoms with Crippen molar-refractivity contribution < 1.29 is 9.53 Å². The van der Waals surface area contributed by atoms with Crippen molar-refractivity contribution in [2.24, 2.45) is 5.73 Å². The van der Waals surface area contributed by atoms with Crippen molar-refractivity contribution in [1.82, 2.24) is 20.2 Å². The zero-order chi connectivity index (χ0) is 13.0. The minimum atomic E-state index is -0.833. The molecule has 1 atom stereocenters. The van der Waals surface area contributed by atoms with Gasteiger partial charge in [0.25, 0.3) is 0 Å². The Morgan fingerprint density at radius 2 is 2.17 bits per heavy atom. The van der Waals surface area contributed by atoms with Crippen LogP contribution in [0, 0.1) is 6.92 Å². The van der Waals surface area contributed by atoms with Crippen LogP contribution in [0.4, 0.5) is 4.79 Å². The Kier molecular flexibility index (Phi) is 3.52. The summed E-state index contributed by atoms with van der Waals surface area (Å²) >= 11 is 0. The first-order chi connectivity index (χ1) is 8.65. The van der Waals surface area contributed by atoms with Gasteiger partial charge in [0, 0.05) is 0 Å². The van der Waals surface area contributed by atoms with E-state index in [1.165, 1.54) is 11.1 Å². The summed E-state index contributed by atoms with van der Waals surface area (Å²) in [5.74, 6) is 0. The lowest BCUT2D eigenvalue weighted by molar-refractivity contribution is 0.0900. The molecule has 18 heavy (non-hydrogen) atoms. The quantitative estimate of drug-likeness (QED) is 0.862. The molecule has 0 saturated carbocycles. The Balaban J connectivity index is 2.19. The van der Waals surface area contributed by atoms with E-state index >= 15 is 0 Å². The van der Waals surface area contributed by atoms with Crippen LogP contribution in [0.2, 0.25) is 0 Å². The third kappa shape index (κ3) is 3.03. The van der Waals surface area contributed by atoms with Gasteiger partial charge < -0.3 is 10.5 Å². The molecule has 2 rings (SSSR count). The van der Waals surface area contributed by atoms with Gasteiger partial charge in [0.15, 0.2) is 12.4 Å². The number of carbonyl (C=O) groups is 1. The summed E-state index contributed by atoms with van der Waals surface area (Å²) in [5.41, 5.74) is 7.01. The second-order valence-electron chi connectivity index (χ2n) is 3.83. The highest BCUT2D eigenvalue weighted by Gasteiger charge is 2.16. The minimum Gasteiger partial charge on any atom is -0.439 e. The Morgan fingerprint density at radius 3 is 2.72 bits per heavy atom. The van der Waals surface area contributed by atoms with Crippen LogP contribution < -0.4 is 5.73 Å². The largest absolute Gasteiger partial charge is 0.439 e. The summed E-state index contributed by atoms with van der Waals surface area (Å²) in [6.07, 6.45) is -0.0470. The maximum absolute atomic E-state index is 10.9. The zero-order valence-corrected chi connectivity index (χ0v) is 9.85. The average molecular weight is 247 g/mol. The number of rotatable bonds is 4. The van der Waals surface area contributed by atoms with E-state index in [0.717, 1.165) is 11.1 Å². The molecule has 0 radical (unpaired) electrons. The van der Waals surface area contributed by atoms with Crippen molar-refractivity contribution in [1.29, 1.82) is 0 Å². The summed E-state index contributed by atoms with van der Waals surface area (Å²) in [6, 6.07) is 7.61. The molecule has 0 saturated heterocycles. The first-order valence-electron chi connectivity index (χ1n) is 5.38. The van der Waals surface area contributed by atoms with Crippen LogP contribution in [0.3, 0.4) is 0 Å². The smallest absolute Gasteiger partial charge is 0.405 e. The molecule has 2 N–H and O–H groups in total. The molecule has 0 spiro atoms. The average Bonchev–Trinajstić information content (AvgIpc) is 2.81. The van der Waals surface area contributed by atoms with Crippen molar-refractivity contribution in [3.05, 3.63) is 41.7 Å². The highest BCUT2D eigenvalue weighted by atomic mass is 16.6. The number of hydrogen-bond acceptors (Lipinski definition) is 5. The number of carbonyl (C=O) groups excluding carboxylic acids is 1. The topological polar surface area (TPSA) is 95.9 Å². The molecule has 0 fully saturated rings. The fourth-order valence-corrected chi connectivity index (χ4v) is 1.55. The molecule has 0 aliphatic heterocycles. The Hall–Kier alpha value is -2.44. The SMILES string of the molecule is Cc1ccc(C(Cn2ncnn2)OC(N)=O)cc1. The normalized spacial score (nSPS) is 12.1. The van der Waals surface area contributed by atoms with Gasteiger partial charge >= 0.3 is 6.09 Å². The number of nitrogens with zero attached hydrogens (tertiary/aromatic N) is 4. The second kappa shape index (κ2) is 5.26. The summed E-state index contributed by atoms with van der Waals surface area (Å²) in [6.45, 7) is 2.25. The molecule has 1 aromatic carbocycles. The number of nitrogens with two attached hydrogens (primary N) is 1. The van der Waals surface area contributed by atoms with E-state index in [1.807, 2.05) is 31.2 Å². The summed E-state index contributed by atoms with van der Waals surface area (Å²) in [4.78, 5) is 12.3. The maximum atomic E-state index is 10.9. The maximum Gasteiger partial charge on any atom is 0.405 e. The van der Waals surface area contributed by atoms with Crippen LogP contribution in [0.15, 0.2) is 30.6 Å². The summed E-state index contributed by atoms with van der Waals surface area (Å²) < 4.78 is 5.06. The number of tetrazole rings is 1. The molecule has 7 heteroatoms. The van der Waals surface area contributed by atoms with E-state index in [9.17, 15) is 4.79 Å². The molecular formula is C11H13N5O2. The standard InChI is InChI=1S/C11H13N5O2/c1-8-2-4-9(5-3-8)10(18-11(12)17)6-16-14-7-13-15-16/h2-5,7,10H,6H2,1H3,(H2,12,17).